The van der Waals surface area contributed by atoms with E-state index in [4.69, 9.17) is 0 Å². The van der Waals surface area contributed by atoms with Crippen molar-refractivity contribution in [3.63, 3.8) is 0 Å². The van der Waals surface area contributed by atoms with Gasteiger partial charge in [0.15, 0.2) is 0 Å². The third kappa shape index (κ3) is 9.93. The lowest BCUT2D eigenvalue weighted by molar-refractivity contribution is 0.0945. The Morgan fingerprint density at radius 2 is 1.00 bits per heavy atom. The summed E-state index contributed by atoms with van der Waals surface area (Å²) in [5.74, 6) is 0.0200. The molecular weight excluding hydrogens is 590 g/mol. The maximum absolute atomic E-state index is 12.0. The van der Waals surface area contributed by atoms with Crippen LogP contribution in [0.25, 0.3) is 0 Å². The Hall–Kier alpha value is -1.16. The van der Waals surface area contributed by atoms with Crippen molar-refractivity contribution in [2.24, 2.45) is 0 Å². The van der Waals surface area contributed by atoms with E-state index in [0.717, 1.165) is 57.0 Å². The molecule has 6 heteroatoms. The zero-order valence-corrected chi connectivity index (χ0v) is 20.9. The second-order valence-electron chi connectivity index (χ2n) is 7.01. The third-order valence-electron chi connectivity index (χ3n) is 4.60. The van der Waals surface area contributed by atoms with Crippen molar-refractivity contribution in [1.82, 2.24) is 10.6 Å². The van der Waals surface area contributed by atoms with Crippen molar-refractivity contribution >= 4 is 57.0 Å². The average molecular weight is 618 g/mol. The van der Waals surface area contributed by atoms with E-state index in [0.29, 0.717) is 0 Å². The Morgan fingerprint density at radius 1 is 0.621 bits per heavy atom. The second kappa shape index (κ2) is 14.0. The summed E-state index contributed by atoms with van der Waals surface area (Å²) >= 11 is 4.43. The number of amides is 2. The van der Waals surface area contributed by atoms with Gasteiger partial charge in [-0.25, -0.2) is 0 Å². The van der Waals surface area contributed by atoms with E-state index in [9.17, 15) is 9.59 Å². The van der Waals surface area contributed by atoms with E-state index in [-0.39, 0.29) is 11.8 Å². The number of halogens is 2. The predicted molar refractivity (Wildman–Crippen MR) is 135 cm³/mol. The Labute approximate surface area is 200 Å². The summed E-state index contributed by atoms with van der Waals surface area (Å²) in [6.45, 7) is 1.46. The minimum atomic E-state index is 0.00998. The smallest absolute Gasteiger partial charge is 0.251 e. The van der Waals surface area contributed by atoms with Crippen LogP contribution in [-0.2, 0) is 0 Å². The van der Waals surface area contributed by atoms with Crippen LogP contribution in [-0.4, -0.2) is 24.9 Å². The van der Waals surface area contributed by atoms with E-state index in [1.165, 1.54) is 19.3 Å². The molecule has 0 atom stereocenters. The minimum absolute atomic E-state index is 0.00998. The van der Waals surface area contributed by atoms with Crippen molar-refractivity contribution in [2.75, 3.05) is 13.1 Å². The van der Waals surface area contributed by atoms with Gasteiger partial charge in [-0.05, 0) is 94.4 Å². The Balaban J connectivity index is 1.42. The van der Waals surface area contributed by atoms with Crippen LogP contribution in [0.5, 0.6) is 0 Å². The molecule has 0 heterocycles. The van der Waals surface area contributed by atoms with Crippen LogP contribution < -0.4 is 10.6 Å². The van der Waals surface area contributed by atoms with Gasteiger partial charge in [0.25, 0.3) is 11.8 Å². The molecule has 0 aliphatic carbocycles. The Morgan fingerprint density at radius 3 is 1.38 bits per heavy atom. The molecule has 0 unspecified atom stereocenters. The average Bonchev–Trinajstić information content (AvgIpc) is 2.71. The molecule has 0 saturated carbocycles. The fraction of sp³-hybridized carbons (Fsp3) is 0.391. The van der Waals surface area contributed by atoms with Crippen molar-refractivity contribution < 1.29 is 9.59 Å². The molecule has 2 amide bonds. The summed E-state index contributed by atoms with van der Waals surface area (Å²) in [7, 11) is 0. The lowest BCUT2D eigenvalue weighted by Gasteiger charge is -2.07. The number of hydrogen-bond donors (Lipinski definition) is 2. The highest BCUT2D eigenvalue weighted by atomic mass is 127. The van der Waals surface area contributed by atoms with Crippen LogP contribution in [0.15, 0.2) is 48.5 Å². The molecule has 0 aliphatic rings. The van der Waals surface area contributed by atoms with Crippen molar-refractivity contribution in [1.29, 1.82) is 0 Å². The third-order valence-corrected chi connectivity index (χ3v) is 5.94. The van der Waals surface area contributed by atoms with E-state index >= 15 is 0 Å². The first-order valence-electron chi connectivity index (χ1n) is 10.1. The van der Waals surface area contributed by atoms with Crippen LogP contribution in [0.3, 0.4) is 0 Å². The van der Waals surface area contributed by atoms with Crippen LogP contribution in [0.4, 0.5) is 0 Å². The fourth-order valence-electron chi connectivity index (χ4n) is 3.00. The summed E-state index contributed by atoms with van der Waals surface area (Å²) in [6.07, 6.45) is 7.88. The maximum Gasteiger partial charge on any atom is 0.251 e. The van der Waals surface area contributed by atoms with Gasteiger partial charge in [-0.15, -0.1) is 0 Å². The lowest BCUT2D eigenvalue weighted by Crippen LogP contribution is -2.24. The van der Waals surface area contributed by atoms with Crippen molar-refractivity contribution in [3.05, 3.63) is 66.8 Å². The van der Waals surface area contributed by atoms with E-state index in [2.05, 4.69) is 55.8 Å². The van der Waals surface area contributed by atoms with E-state index < -0.39 is 0 Å². The maximum atomic E-state index is 12.0. The summed E-state index contributed by atoms with van der Waals surface area (Å²) in [6, 6.07) is 15.3. The van der Waals surface area contributed by atoms with Crippen LogP contribution in [0, 0.1) is 7.14 Å². The summed E-state index contributed by atoms with van der Waals surface area (Å²) in [5.41, 5.74) is 1.46. The molecule has 156 valence electrons. The first-order chi connectivity index (χ1) is 14.1. The molecule has 2 aromatic rings. The molecule has 0 radical (unpaired) electrons. The first kappa shape index (κ1) is 24.1. The van der Waals surface area contributed by atoms with E-state index in [1.807, 2.05) is 48.5 Å². The summed E-state index contributed by atoms with van der Waals surface area (Å²) in [5, 5.41) is 5.98. The fourth-order valence-corrected chi connectivity index (χ4v) is 4.09. The van der Waals surface area contributed by atoms with Crippen LogP contribution in [0.1, 0.15) is 65.7 Å². The van der Waals surface area contributed by atoms with Gasteiger partial charge in [-0.2, -0.15) is 0 Å². The molecule has 0 aromatic heterocycles. The number of carbonyl (C=O) groups is 2. The number of benzene rings is 2. The highest BCUT2D eigenvalue weighted by molar-refractivity contribution is 14.1. The number of hydrogen-bond acceptors (Lipinski definition) is 2. The molecule has 2 aromatic carbocycles. The number of rotatable bonds is 12. The standard InChI is InChI=1S/C23H28I2N2O2/c24-20-12-8-10-18(16-20)22(28)26-14-6-4-2-1-3-5-7-15-27-23(29)19-11-9-13-21(25)17-19/h8-13,16-17H,1-7,14-15H2,(H,26,28)(H,27,29). The van der Waals surface area contributed by atoms with Crippen LogP contribution >= 0.6 is 45.2 Å². The normalized spacial score (nSPS) is 10.6. The van der Waals surface area contributed by atoms with Gasteiger partial charge in [0.2, 0.25) is 0 Å². The Kier molecular flexibility index (Phi) is 11.6. The number of nitrogens with one attached hydrogen (secondary N) is 2. The molecule has 0 bridgehead atoms. The quantitative estimate of drug-likeness (QED) is 0.234. The highest BCUT2D eigenvalue weighted by Crippen LogP contribution is 2.10. The zero-order valence-electron chi connectivity index (χ0n) is 16.6. The molecule has 4 nitrogen and oxygen atoms in total. The molecule has 0 fully saturated rings. The van der Waals surface area contributed by atoms with Crippen LogP contribution in [0.2, 0.25) is 0 Å². The summed E-state index contributed by atoms with van der Waals surface area (Å²) in [4.78, 5) is 24.1. The zero-order chi connectivity index (χ0) is 20.9. The SMILES string of the molecule is O=C(NCCCCCCCCCNC(=O)c1cccc(I)c1)c1cccc(I)c1. The van der Waals surface area contributed by atoms with Gasteiger partial charge in [0, 0.05) is 31.4 Å². The number of unbranched alkanes of at least 4 members (excludes halogenated alkanes) is 6. The van der Waals surface area contributed by atoms with Gasteiger partial charge in [0.1, 0.15) is 0 Å². The molecule has 0 saturated heterocycles. The molecule has 29 heavy (non-hydrogen) atoms. The van der Waals surface area contributed by atoms with Gasteiger partial charge in [0.05, 0.1) is 0 Å². The van der Waals surface area contributed by atoms with Gasteiger partial charge in [-0.1, -0.05) is 44.2 Å². The Bertz CT molecular complexity index is 730. The molecule has 0 spiro atoms. The second-order valence-corrected chi connectivity index (χ2v) is 9.50. The summed E-state index contributed by atoms with van der Waals surface area (Å²) < 4.78 is 2.15. The molecule has 0 aliphatic heterocycles. The minimum Gasteiger partial charge on any atom is -0.352 e. The molecular formula is C23H28I2N2O2. The van der Waals surface area contributed by atoms with Gasteiger partial charge in [-0.3, -0.25) is 9.59 Å². The van der Waals surface area contributed by atoms with E-state index in [1.54, 1.807) is 0 Å². The topological polar surface area (TPSA) is 58.2 Å². The molecule has 2 N–H and O–H groups in total. The monoisotopic (exact) mass is 618 g/mol. The first-order valence-corrected chi connectivity index (χ1v) is 12.3. The van der Waals surface area contributed by atoms with Crippen molar-refractivity contribution in [3.8, 4) is 0 Å². The highest BCUT2D eigenvalue weighted by Gasteiger charge is 2.05. The molecule has 2 rings (SSSR count). The largest absolute Gasteiger partial charge is 0.352 e. The van der Waals surface area contributed by atoms with Crippen molar-refractivity contribution in [2.45, 2.75) is 44.9 Å². The lowest BCUT2D eigenvalue weighted by atomic mass is 10.1. The predicted octanol–water partition coefficient (Wildman–Crippen LogP) is 5.79. The number of carbonyl (C=O) groups excluding carboxylic acids is 2. The van der Waals surface area contributed by atoms with Gasteiger partial charge >= 0.3 is 0 Å². The van der Waals surface area contributed by atoms with Gasteiger partial charge < -0.3 is 10.6 Å².